The van der Waals surface area contributed by atoms with E-state index in [1.54, 1.807) is 7.05 Å². The maximum atomic E-state index is 12.7. The molecular formula is C16H21F3N2O2. The summed E-state index contributed by atoms with van der Waals surface area (Å²) in [6.07, 6.45) is -2.99. The Bertz CT molecular complexity index is 585. The molecule has 0 bridgehead atoms. The smallest absolute Gasteiger partial charge is 0.409 e. The molecule has 23 heavy (non-hydrogen) atoms. The van der Waals surface area contributed by atoms with Crippen molar-refractivity contribution in [3.63, 3.8) is 0 Å². The van der Waals surface area contributed by atoms with Crippen LogP contribution in [0.1, 0.15) is 44.7 Å². The van der Waals surface area contributed by atoms with Crippen LogP contribution in [0.2, 0.25) is 0 Å². The zero-order chi connectivity index (χ0) is 17.5. The fraction of sp³-hybridized carbons (Fsp3) is 0.562. The third kappa shape index (κ3) is 3.77. The van der Waals surface area contributed by atoms with Crippen LogP contribution >= 0.6 is 0 Å². The second-order valence-electron chi connectivity index (χ2n) is 6.78. The van der Waals surface area contributed by atoms with E-state index in [-0.39, 0.29) is 0 Å². The van der Waals surface area contributed by atoms with Crippen molar-refractivity contribution in [1.82, 2.24) is 5.06 Å². The predicted molar refractivity (Wildman–Crippen MR) is 80.2 cm³/mol. The quantitative estimate of drug-likeness (QED) is 0.391. The topological polar surface area (TPSA) is 45.1 Å². The van der Waals surface area contributed by atoms with Gasteiger partial charge >= 0.3 is 6.18 Å². The van der Waals surface area contributed by atoms with E-state index in [4.69, 9.17) is 4.84 Å². The summed E-state index contributed by atoms with van der Waals surface area (Å²) >= 11 is 0. The van der Waals surface area contributed by atoms with Gasteiger partial charge in [0, 0.05) is 7.05 Å². The van der Waals surface area contributed by atoms with E-state index in [1.807, 2.05) is 20.8 Å². The summed E-state index contributed by atoms with van der Waals surface area (Å²) in [4.78, 5) is 5.68. The average Bonchev–Trinajstić information content (AvgIpc) is 3.18. The van der Waals surface area contributed by atoms with E-state index < -0.39 is 22.8 Å². The van der Waals surface area contributed by atoms with Crippen LogP contribution in [0.15, 0.2) is 29.4 Å². The summed E-state index contributed by atoms with van der Waals surface area (Å²) in [7, 11) is 1.63. The largest absolute Gasteiger partial charge is 0.416 e. The molecule has 0 aromatic heterocycles. The fourth-order valence-corrected chi connectivity index (χ4v) is 2.66. The summed E-state index contributed by atoms with van der Waals surface area (Å²) < 4.78 is 38.0. The van der Waals surface area contributed by atoms with Crippen LogP contribution in [0.3, 0.4) is 0 Å². The van der Waals surface area contributed by atoms with Gasteiger partial charge < -0.3 is 5.21 Å². The Kier molecular flexibility index (Phi) is 4.36. The van der Waals surface area contributed by atoms with Crippen LogP contribution in [-0.2, 0) is 16.4 Å². The second kappa shape index (κ2) is 5.70. The molecule has 0 aliphatic heterocycles. The average molecular weight is 330 g/mol. The van der Waals surface area contributed by atoms with Gasteiger partial charge in [-0.15, -0.1) is 0 Å². The van der Waals surface area contributed by atoms with E-state index in [0.29, 0.717) is 24.2 Å². The normalized spacial score (nSPS) is 18.0. The molecule has 1 fully saturated rings. The number of likely N-dealkylation sites (N-methyl/N-ethyl adjacent to an activating group) is 1. The third-order valence-corrected chi connectivity index (χ3v) is 3.75. The molecule has 0 spiro atoms. The molecule has 1 saturated carbocycles. The molecule has 0 unspecified atom stereocenters. The van der Waals surface area contributed by atoms with Gasteiger partial charge in [-0.1, -0.05) is 17.3 Å². The number of hydroxylamine groups is 2. The van der Waals surface area contributed by atoms with Crippen molar-refractivity contribution < 1.29 is 23.2 Å². The molecule has 0 radical (unpaired) electrons. The van der Waals surface area contributed by atoms with Gasteiger partial charge in [0.1, 0.15) is 0 Å². The molecule has 1 aliphatic carbocycles. The molecule has 1 N–H and O–H groups in total. The Hall–Kier alpha value is -1.76. The molecular weight excluding hydrogens is 309 g/mol. The first-order chi connectivity index (χ1) is 10.5. The SMILES string of the molecule is CN(OC(C)(C)C)/C(=N\O)C1(c2ccc(C(F)(F)F)cc2)CC1. The molecule has 0 atom stereocenters. The Labute approximate surface area is 133 Å². The van der Waals surface area contributed by atoms with Crippen LogP contribution in [0.25, 0.3) is 0 Å². The van der Waals surface area contributed by atoms with Crippen molar-refractivity contribution in [3.8, 4) is 0 Å². The van der Waals surface area contributed by atoms with Crippen LogP contribution in [-0.4, -0.2) is 28.8 Å². The molecule has 0 saturated heterocycles. The Morgan fingerprint density at radius 2 is 1.70 bits per heavy atom. The first kappa shape index (κ1) is 17.6. The van der Waals surface area contributed by atoms with E-state index in [9.17, 15) is 18.4 Å². The van der Waals surface area contributed by atoms with Crippen molar-refractivity contribution >= 4 is 5.84 Å². The van der Waals surface area contributed by atoms with Crippen molar-refractivity contribution in [2.45, 2.75) is 50.8 Å². The molecule has 1 aromatic carbocycles. The third-order valence-electron chi connectivity index (χ3n) is 3.75. The second-order valence-corrected chi connectivity index (χ2v) is 6.78. The van der Waals surface area contributed by atoms with Crippen LogP contribution in [0.4, 0.5) is 13.2 Å². The van der Waals surface area contributed by atoms with Crippen LogP contribution < -0.4 is 0 Å². The van der Waals surface area contributed by atoms with Gasteiger partial charge in [0.05, 0.1) is 16.6 Å². The molecule has 0 heterocycles. The number of rotatable bonds is 3. The van der Waals surface area contributed by atoms with E-state index in [1.165, 1.54) is 17.2 Å². The maximum Gasteiger partial charge on any atom is 0.416 e. The molecule has 2 rings (SSSR count). The molecule has 7 heteroatoms. The van der Waals surface area contributed by atoms with Crippen molar-refractivity contribution in [2.75, 3.05) is 7.05 Å². The minimum atomic E-state index is -4.37. The Morgan fingerprint density at radius 1 is 1.17 bits per heavy atom. The van der Waals surface area contributed by atoms with Gasteiger partial charge in [0.25, 0.3) is 0 Å². The fourth-order valence-electron chi connectivity index (χ4n) is 2.66. The van der Waals surface area contributed by atoms with Crippen LogP contribution in [0.5, 0.6) is 0 Å². The zero-order valence-corrected chi connectivity index (χ0v) is 13.6. The maximum absolute atomic E-state index is 12.7. The highest BCUT2D eigenvalue weighted by atomic mass is 19.4. The van der Waals surface area contributed by atoms with E-state index >= 15 is 0 Å². The number of alkyl halides is 3. The van der Waals surface area contributed by atoms with Gasteiger partial charge in [-0.3, -0.25) is 4.84 Å². The van der Waals surface area contributed by atoms with Gasteiger partial charge in [0.2, 0.25) is 0 Å². The highest BCUT2D eigenvalue weighted by molar-refractivity contribution is 5.94. The lowest BCUT2D eigenvalue weighted by Gasteiger charge is -2.31. The predicted octanol–water partition coefficient (Wildman–Crippen LogP) is 4.19. The molecule has 1 aliphatic rings. The van der Waals surface area contributed by atoms with Crippen molar-refractivity contribution in [2.24, 2.45) is 5.16 Å². The van der Waals surface area contributed by atoms with Crippen LogP contribution in [0, 0.1) is 0 Å². The summed E-state index contributed by atoms with van der Waals surface area (Å²) in [5.74, 6) is 0.298. The van der Waals surface area contributed by atoms with Gasteiger partial charge in [-0.05, 0) is 51.3 Å². The van der Waals surface area contributed by atoms with Crippen molar-refractivity contribution in [3.05, 3.63) is 35.4 Å². The molecule has 1 aromatic rings. The van der Waals surface area contributed by atoms with E-state index in [0.717, 1.165) is 12.1 Å². The highest BCUT2D eigenvalue weighted by Gasteiger charge is 2.52. The lowest BCUT2D eigenvalue weighted by Crippen LogP contribution is -2.41. The van der Waals surface area contributed by atoms with Gasteiger partial charge in [-0.25, -0.2) is 5.06 Å². The number of benzene rings is 1. The Balaban J connectivity index is 2.27. The molecule has 0 amide bonds. The van der Waals surface area contributed by atoms with Gasteiger partial charge in [0.15, 0.2) is 5.84 Å². The lowest BCUT2D eigenvalue weighted by molar-refractivity contribution is -0.171. The number of halogens is 3. The minimum absolute atomic E-state index is 0.298. The number of oxime groups is 1. The summed E-state index contributed by atoms with van der Waals surface area (Å²) in [5.41, 5.74) is -1.10. The Morgan fingerprint density at radius 3 is 2.04 bits per heavy atom. The zero-order valence-electron chi connectivity index (χ0n) is 13.6. The number of hydrogen-bond donors (Lipinski definition) is 1. The lowest BCUT2D eigenvalue weighted by atomic mass is 9.93. The summed E-state index contributed by atoms with van der Waals surface area (Å²) in [6.45, 7) is 5.57. The number of amidine groups is 1. The highest BCUT2D eigenvalue weighted by Crippen LogP contribution is 2.50. The first-order valence-corrected chi connectivity index (χ1v) is 7.33. The van der Waals surface area contributed by atoms with Gasteiger partial charge in [-0.2, -0.15) is 13.2 Å². The molecule has 4 nitrogen and oxygen atoms in total. The standard InChI is InChI=1S/C16H21F3N2O2/c1-14(2,3)23-21(4)13(20-22)15(9-10-15)11-5-7-12(8-6-11)16(17,18)19/h5-8,22H,9-10H2,1-4H3/b20-13-. The van der Waals surface area contributed by atoms with Crippen molar-refractivity contribution in [1.29, 1.82) is 0 Å². The molecule has 128 valence electrons. The summed E-state index contributed by atoms with van der Waals surface area (Å²) in [6, 6.07) is 4.97. The summed E-state index contributed by atoms with van der Waals surface area (Å²) in [5, 5.41) is 14.1. The van der Waals surface area contributed by atoms with E-state index in [2.05, 4.69) is 5.16 Å². The number of nitrogens with zero attached hydrogens (tertiary/aromatic N) is 2. The minimum Gasteiger partial charge on any atom is -0.409 e. The monoisotopic (exact) mass is 330 g/mol. The first-order valence-electron chi connectivity index (χ1n) is 7.33. The number of hydrogen-bond acceptors (Lipinski definition) is 3.